The Hall–Kier alpha value is -1.37. The highest BCUT2D eigenvalue weighted by atomic mass is 79.9. The zero-order valence-electron chi connectivity index (χ0n) is 10.5. The Labute approximate surface area is 129 Å². The molecule has 104 valence electrons. The van der Waals surface area contributed by atoms with E-state index in [1.165, 1.54) is 0 Å². The summed E-state index contributed by atoms with van der Waals surface area (Å²) in [4.78, 5) is 11.5. The lowest BCUT2D eigenvalue weighted by atomic mass is 10.2. The van der Waals surface area contributed by atoms with E-state index in [0.717, 1.165) is 16.0 Å². The third kappa shape index (κ3) is 3.82. The predicted molar refractivity (Wildman–Crippen MR) is 82.7 cm³/mol. The number of aliphatic hydroxyl groups is 1. The average Bonchev–Trinajstić information content (AvgIpc) is 2.46. The second kappa shape index (κ2) is 6.88. The van der Waals surface area contributed by atoms with Gasteiger partial charge in [-0.2, -0.15) is 0 Å². The molecule has 0 saturated carbocycles. The van der Waals surface area contributed by atoms with Gasteiger partial charge in [-0.3, -0.25) is 10.1 Å². The third-order valence-corrected chi connectivity index (χ3v) is 4.47. The number of nitrogens with zero attached hydrogens (tertiary/aromatic N) is 1. The Balaban J connectivity index is 2.06. The minimum absolute atomic E-state index is 0.0316. The highest BCUT2D eigenvalue weighted by Gasteiger charge is 2.12. The highest BCUT2D eigenvalue weighted by molar-refractivity contribution is 9.10. The molecule has 0 saturated heterocycles. The number of halogens is 1. The predicted octanol–water partition coefficient (Wildman–Crippen LogP) is 4.14. The molecule has 0 atom stereocenters. The molecule has 1 N–H and O–H groups in total. The van der Waals surface area contributed by atoms with Crippen molar-refractivity contribution >= 4 is 33.4 Å². The van der Waals surface area contributed by atoms with Gasteiger partial charge in [0, 0.05) is 16.7 Å². The second-order valence-electron chi connectivity index (χ2n) is 4.13. The van der Waals surface area contributed by atoms with E-state index in [9.17, 15) is 10.1 Å². The maximum atomic E-state index is 10.9. The zero-order valence-corrected chi connectivity index (χ0v) is 12.9. The number of nitro benzene ring substituents is 1. The molecule has 0 fully saturated rings. The molecule has 2 aromatic rings. The van der Waals surface area contributed by atoms with E-state index in [1.807, 2.05) is 30.3 Å². The lowest BCUT2D eigenvalue weighted by molar-refractivity contribution is -0.385. The fraction of sp³-hybridized carbons (Fsp3) is 0.143. The summed E-state index contributed by atoms with van der Waals surface area (Å²) in [5.41, 5.74) is 1.85. The number of hydrogen-bond donors (Lipinski definition) is 1. The first-order valence-corrected chi connectivity index (χ1v) is 7.63. The van der Waals surface area contributed by atoms with Crippen LogP contribution in [0, 0.1) is 10.1 Å². The zero-order chi connectivity index (χ0) is 14.5. The number of hydrogen-bond acceptors (Lipinski definition) is 4. The molecule has 0 unspecified atom stereocenters. The Kier molecular flexibility index (Phi) is 5.17. The SMILES string of the molecule is O=[N+]([O-])c1cc(CSc2ccc(CO)cc2)ccc1Br. The lowest BCUT2D eigenvalue weighted by Crippen LogP contribution is -1.91. The maximum Gasteiger partial charge on any atom is 0.283 e. The molecule has 0 radical (unpaired) electrons. The van der Waals surface area contributed by atoms with Crippen molar-refractivity contribution in [1.29, 1.82) is 0 Å². The van der Waals surface area contributed by atoms with E-state index in [1.54, 1.807) is 23.9 Å². The Bertz CT molecular complexity index is 616. The van der Waals surface area contributed by atoms with Crippen LogP contribution in [-0.2, 0) is 12.4 Å². The van der Waals surface area contributed by atoms with Crippen LogP contribution in [0.3, 0.4) is 0 Å². The number of nitro groups is 1. The van der Waals surface area contributed by atoms with Crippen molar-refractivity contribution < 1.29 is 10.0 Å². The van der Waals surface area contributed by atoms with Crippen LogP contribution in [0.4, 0.5) is 5.69 Å². The summed E-state index contributed by atoms with van der Waals surface area (Å²) < 4.78 is 0.489. The standard InChI is InChI=1S/C14H12BrNO3S/c15-13-6-3-11(7-14(13)16(18)19)9-20-12-4-1-10(8-17)2-5-12/h1-7,17H,8-9H2. The monoisotopic (exact) mass is 353 g/mol. The molecule has 4 nitrogen and oxygen atoms in total. The molecule has 0 aromatic heterocycles. The first-order chi connectivity index (χ1) is 9.60. The van der Waals surface area contributed by atoms with Gasteiger partial charge in [0.1, 0.15) is 0 Å². The number of thioether (sulfide) groups is 1. The molecule has 0 aliphatic carbocycles. The van der Waals surface area contributed by atoms with Crippen LogP contribution in [-0.4, -0.2) is 10.0 Å². The van der Waals surface area contributed by atoms with Crippen LogP contribution >= 0.6 is 27.7 Å². The van der Waals surface area contributed by atoms with Gasteiger partial charge in [0.25, 0.3) is 5.69 Å². The number of rotatable bonds is 5. The molecular formula is C14H12BrNO3S. The van der Waals surface area contributed by atoms with E-state index in [2.05, 4.69) is 15.9 Å². The van der Waals surface area contributed by atoms with Gasteiger partial charge in [0.2, 0.25) is 0 Å². The van der Waals surface area contributed by atoms with Crippen LogP contribution < -0.4 is 0 Å². The molecule has 2 aromatic carbocycles. The van der Waals surface area contributed by atoms with Gasteiger partial charge in [0.15, 0.2) is 0 Å². The van der Waals surface area contributed by atoms with Crippen molar-refractivity contribution in [2.45, 2.75) is 17.3 Å². The van der Waals surface area contributed by atoms with Crippen molar-refractivity contribution in [3.63, 3.8) is 0 Å². The Morgan fingerprint density at radius 3 is 2.40 bits per heavy atom. The molecule has 0 spiro atoms. The van der Waals surface area contributed by atoms with Gasteiger partial charge in [-0.15, -0.1) is 11.8 Å². The Morgan fingerprint density at radius 2 is 1.80 bits per heavy atom. The molecule has 0 heterocycles. The maximum absolute atomic E-state index is 10.9. The van der Waals surface area contributed by atoms with Gasteiger partial charge in [-0.25, -0.2) is 0 Å². The quantitative estimate of drug-likeness (QED) is 0.498. The molecule has 6 heteroatoms. The van der Waals surface area contributed by atoms with Gasteiger partial charge in [-0.1, -0.05) is 18.2 Å². The smallest absolute Gasteiger partial charge is 0.283 e. The van der Waals surface area contributed by atoms with Crippen LogP contribution in [0.15, 0.2) is 51.8 Å². The first kappa shape index (κ1) is 15.0. The van der Waals surface area contributed by atoms with Crippen LogP contribution in [0.5, 0.6) is 0 Å². The molecule has 0 aliphatic heterocycles. The van der Waals surface area contributed by atoms with Crippen LogP contribution in [0.1, 0.15) is 11.1 Å². The van der Waals surface area contributed by atoms with E-state index >= 15 is 0 Å². The minimum atomic E-state index is -0.395. The van der Waals surface area contributed by atoms with Gasteiger partial charge in [0.05, 0.1) is 16.0 Å². The lowest BCUT2D eigenvalue weighted by Gasteiger charge is -2.04. The topological polar surface area (TPSA) is 63.4 Å². The molecule has 2 rings (SSSR count). The van der Waals surface area contributed by atoms with E-state index in [-0.39, 0.29) is 12.3 Å². The fourth-order valence-corrected chi connectivity index (χ4v) is 2.88. The molecule has 0 aliphatic rings. The fourth-order valence-electron chi connectivity index (χ4n) is 1.65. The Morgan fingerprint density at radius 1 is 1.15 bits per heavy atom. The van der Waals surface area contributed by atoms with Gasteiger partial charge >= 0.3 is 0 Å². The number of benzene rings is 2. The summed E-state index contributed by atoms with van der Waals surface area (Å²) in [5, 5.41) is 19.8. The summed E-state index contributed by atoms with van der Waals surface area (Å²) in [6.07, 6.45) is 0. The summed E-state index contributed by atoms with van der Waals surface area (Å²) in [7, 11) is 0. The van der Waals surface area contributed by atoms with Crippen molar-refractivity contribution in [2.75, 3.05) is 0 Å². The molecular weight excluding hydrogens is 342 g/mol. The average molecular weight is 354 g/mol. The van der Waals surface area contributed by atoms with Gasteiger partial charge < -0.3 is 5.11 Å². The van der Waals surface area contributed by atoms with E-state index in [4.69, 9.17) is 5.11 Å². The van der Waals surface area contributed by atoms with Crippen LogP contribution in [0.2, 0.25) is 0 Å². The summed E-state index contributed by atoms with van der Waals surface area (Å²) >= 11 is 4.77. The highest BCUT2D eigenvalue weighted by Crippen LogP contribution is 2.29. The normalized spacial score (nSPS) is 10.5. The van der Waals surface area contributed by atoms with Crippen molar-refractivity contribution in [2.24, 2.45) is 0 Å². The van der Waals surface area contributed by atoms with E-state index < -0.39 is 4.92 Å². The van der Waals surface area contributed by atoms with Crippen molar-refractivity contribution in [1.82, 2.24) is 0 Å². The third-order valence-electron chi connectivity index (χ3n) is 2.72. The molecule has 0 bridgehead atoms. The molecule has 0 amide bonds. The molecule has 20 heavy (non-hydrogen) atoms. The second-order valence-corrected chi connectivity index (χ2v) is 6.04. The summed E-state index contributed by atoms with van der Waals surface area (Å²) in [5.74, 6) is 0.659. The van der Waals surface area contributed by atoms with Crippen molar-refractivity contribution in [3.8, 4) is 0 Å². The van der Waals surface area contributed by atoms with Crippen LogP contribution in [0.25, 0.3) is 0 Å². The van der Waals surface area contributed by atoms with Crippen molar-refractivity contribution in [3.05, 3.63) is 68.2 Å². The summed E-state index contributed by atoms with van der Waals surface area (Å²) in [6.45, 7) is 0.0316. The summed E-state index contributed by atoms with van der Waals surface area (Å²) in [6, 6.07) is 12.7. The number of aliphatic hydroxyl groups excluding tert-OH is 1. The largest absolute Gasteiger partial charge is 0.392 e. The van der Waals surface area contributed by atoms with E-state index in [0.29, 0.717) is 10.2 Å². The first-order valence-electron chi connectivity index (χ1n) is 5.85. The minimum Gasteiger partial charge on any atom is -0.392 e. The van der Waals surface area contributed by atoms with Gasteiger partial charge in [-0.05, 0) is 45.3 Å².